The zero-order chi connectivity index (χ0) is 24.0. The first-order valence-corrected chi connectivity index (χ1v) is 11.0. The number of nitrogens with one attached hydrogen (secondary N) is 1. The van der Waals surface area contributed by atoms with Crippen LogP contribution in [0.5, 0.6) is 0 Å². The van der Waals surface area contributed by atoms with Crippen LogP contribution in [0.15, 0.2) is 40.7 Å². The van der Waals surface area contributed by atoms with Gasteiger partial charge in [-0.3, -0.25) is 14.2 Å². The Labute approximate surface area is 190 Å². The van der Waals surface area contributed by atoms with Crippen molar-refractivity contribution >= 4 is 5.91 Å². The second kappa shape index (κ2) is 10.8. The minimum atomic E-state index is -4.49. The lowest BCUT2D eigenvalue weighted by Gasteiger charge is -2.17. The summed E-state index contributed by atoms with van der Waals surface area (Å²) in [5, 5.41) is 12.1. The number of carbonyl (C=O) groups is 1. The molecule has 1 aromatic carbocycles. The number of hydrogen-bond acceptors (Lipinski definition) is 4. The molecule has 1 amide bonds. The summed E-state index contributed by atoms with van der Waals surface area (Å²) in [6.07, 6.45) is 2.94. The van der Waals surface area contributed by atoms with Gasteiger partial charge in [-0.1, -0.05) is 23.8 Å². The van der Waals surface area contributed by atoms with Crippen LogP contribution in [-0.2, 0) is 23.9 Å². The van der Waals surface area contributed by atoms with Gasteiger partial charge in [0.1, 0.15) is 12.4 Å². The van der Waals surface area contributed by atoms with E-state index in [1.165, 1.54) is 24.1 Å². The molecule has 1 aromatic heterocycles. The zero-order valence-electron chi connectivity index (χ0n) is 18.5. The summed E-state index contributed by atoms with van der Waals surface area (Å²) in [6, 6.07) is 4.31. The Bertz CT molecular complexity index is 1070. The Morgan fingerprint density at radius 3 is 2.52 bits per heavy atom. The second-order valence-electron chi connectivity index (χ2n) is 8.15. The molecule has 0 atom stereocenters. The fraction of sp³-hybridized carbons (Fsp3) is 0.458. The van der Waals surface area contributed by atoms with Crippen LogP contribution in [0, 0.1) is 6.92 Å². The Morgan fingerprint density at radius 1 is 1.18 bits per heavy atom. The van der Waals surface area contributed by atoms with Crippen molar-refractivity contribution < 1.29 is 23.1 Å². The molecule has 0 bridgehead atoms. The van der Waals surface area contributed by atoms with Crippen molar-refractivity contribution in [3.05, 3.63) is 63.1 Å². The smallest absolute Gasteiger partial charge is 0.396 e. The van der Waals surface area contributed by atoms with Crippen molar-refractivity contribution in [2.24, 2.45) is 0 Å². The van der Waals surface area contributed by atoms with E-state index < -0.39 is 17.3 Å². The van der Waals surface area contributed by atoms with Crippen molar-refractivity contribution in [2.75, 3.05) is 13.2 Å². The molecule has 0 radical (unpaired) electrons. The number of carbonyl (C=O) groups excluding carboxylic acids is 1. The molecule has 1 heterocycles. The molecule has 6 nitrogen and oxygen atoms in total. The number of allylic oxidation sites excluding steroid dienone is 1. The quantitative estimate of drug-likeness (QED) is 0.584. The van der Waals surface area contributed by atoms with E-state index in [1.54, 1.807) is 6.92 Å². The maximum atomic E-state index is 13.1. The number of nitrogens with zero attached hydrogens (tertiary/aromatic N) is 2. The molecule has 0 unspecified atom stereocenters. The zero-order valence-corrected chi connectivity index (χ0v) is 18.5. The average molecular weight is 464 g/mol. The van der Waals surface area contributed by atoms with Gasteiger partial charge in [-0.05, 0) is 51.2 Å². The van der Waals surface area contributed by atoms with Gasteiger partial charge in [0.05, 0.1) is 5.56 Å². The highest BCUT2D eigenvalue weighted by Gasteiger charge is 2.30. The van der Waals surface area contributed by atoms with E-state index in [9.17, 15) is 27.9 Å². The molecule has 0 spiro atoms. The molecule has 1 aliphatic carbocycles. The van der Waals surface area contributed by atoms with Crippen LogP contribution in [-0.4, -0.2) is 33.7 Å². The maximum absolute atomic E-state index is 13.1. The fourth-order valence-corrected chi connectivity index (χ4v) is 3.97. The van der Waals surface area contributed by atoms with Crippen LogP contribution in [0.1, 0.15) is 48.9 Å². The highest BCUT2D eigenvalue weighted by Crippen LogP contribution is 2.30. The lowest BCUT2D eigenvalue weighted by atomic mass is 9.97. The van der Waals surface area contributed by atoms with Gasteiger partial charge >= 0.3 is 6.18 Å². The van der Waals surface area contributed by atoms with Crippen molar-refractivity contribution in [3.8, 4) is 11.4 Å². The van der Waals surface area contributed by atoms with E-state index in [-0.39, 0.29) is 36.9 Å². The van der Waals surface area contributed by atoms with E-state index in [0.29, 0.717) is 17.8 Å². The maximum Gasteiger partial charge on any atom is 0.416 e. The summed E-state index contributed by atoms with van der Waals surface area (Å²) >= 11 is 0. The predicted octanol–water partition coefficient (Wildman–Crippen LogP) is 3.78. The Kier molecular flexibility index (Phi) is 8.07. The SMILES string of the molecule is Cc1nc(-c2ccc(C(F)(F)F)cc2)n(CC(=O)NCCC2=CCCCC2)c(=O)c1CCO. The molecule has 0 saturated carbocycles. The lowest BCUT2D eigenvalue weighted by Crippen LogP contribution is -2.36. The van der Waals surface area contributed by atoms with E-state index >= 15 is 0 Å². The number of benzene rings is 1. The van der Waals surface area contributed by atoms with Gasteiger partial charge in [0, 0.05) is 36.4 Å². The third-order valence-electron chi connectivity index (χ3n) is 5.76. The molecule has 0 fully saturated rings. The molecule has 3 rings (SSSR count). The topological polar surface area (TPSA) is 84.2 Å². The number of amides is 1. The molecule has 0 saturated heterocycles. The summed E-state index contributed by atoms with van der Waals surface area (Å²) in [4.78, 5) is 30.1. The van der Waals surface area contributed by atoms with E-state index in [4.69, 9.17) is 0 Å². The monoisotopic (exact) mass is 463 g/mol. The summed E-state index contributed by atoms with van der Waals surface area (Å²) in [5.41, 5.74) is 0.934. The molecular weight excluding hydrogens is 435 g/mol. The van der Waals surface area contributed by atoms with Crippen molar-refractivity contribution in [3.63, 3.8) is 0 Å². The number of aliphatic hydroxyl groups is 1. The third-order valence-corrected chi connectivity index (χ3v) is 5.76. The number of halogens is 3. The normalized spacial score (nSPS) is 14.2. The van der Waals surface area contributed by atoms with Gasteiger partial charge in [-0.15, -0.1) is 0 Å². The fourth-order valence-electron chi connectivity index (χ4n) is 3.97. The van der Waals surface area contributed by atoms with E-state index in [1.807, 2.05) is 0 Å². The number of aryl methyl sites for hydroxylation is 1. The minimum absolute atomic E-state index is 0.0702. The minimum Gasteiger partial charge on any atom is -0.396 e. The standard InChI is InChI=1S/C24H28F3N3O3/c1-16-20(12-14-31)23(33)30(15-21(32)28-13-11-17-5-3-2-4-6-17)22(29-16)18-7-9-19(10-8-18)24(25,26)27/h5,7-10,31H,2-4,6,11-15H2,1H3,(H,28,32). The molecule has 0 aliphatic heterocycles. The van der Waals surface area contributed by atoms with Gasteiger partial charge in [0.15, 0.2) is 0 Å². The van der Waals surface area contributed by atoms with Crippen LogP contribution in [0.2, 0.25) is 0 Å². The van der Waals surface area contributed by atoms with Crippen molar-refractivity contribution in [2.45, 2.75) is 58.2 Å². The van der Waals surface area contributed by atoms with Crippen LogP contribution in [0.4, 0.5) is 13.2 Å². The van der Waals surface area contributed by atoms with Crippen molar-refractivity contribution in [1.29, 1.82) is 0 Å². The van der Waals surface area contributed by atoms with Gasteiger partial charge in [0.2, 0.25) is 5.91 Å². The largest absolute Gasteiger partial charge is 0.416 e. The third kappa shape index (κ3) is 6.31. The van der Waals surface area contributed by atoms with Crippen LogP contribution < -0.4 is 10.9 Å². The first-order chi connectivity index (χ1) is 15.7. The molecule has 2 N–H and O–H groups in total. The highest BCUT2D eigenvalue weighted by molar-refractivity contribution is 5.76. The molecule has 178 valence electrons. The first kappa shape index (κ1) is 24.7. The number of alkyl halides is 3. The summed E-state index contributed by atoms with van der Waals surface area (Å²) in [5.74, 6) is -0.277. The lowest BCUT2D eigenvalue weighted by molar-refractivity contribution is -0.137. The number of rotatable bonds is 8. The Morgan fingerprint density at radius 2 is 1.91 bits per heavy atom. The second-order valence-corrected chi connectivity index (χ2v) is 8.15. The van der Waals surface area contributed by atoms with Crippen molar-refractivity contribution in [1.82, 2.24) is 14.9 Å². The van der Waals surface area contributed by atoms with Gasteiger partial charge in [-0.25, -0.2) is 4.98 Å². The van der Waals surface area contributed by atoms with Crippen LogP contribution in [0.25, 0.3) is 11.4 Å². The molecule has 9 heteroatoms. The van der Waals surface area contributed by atoms with Gasteiger partial charge in [-0.2, -0.15) is 13.2 Å². The summed E-state index contributed by atoms with van der Waals surface area (Å²) < 4.78 is 40.0. The number of aromatic nitrogens is 2. The van der Waals surface area contributed by atoms with Gasteiger partial charge in [0.25, 0.3) is 5.56 Å². The molecule has 33 heavy (non-hydrogen) atoms. The molecular formula is C24H28F3N3O3. The summed E-state index contributed by atoms with van der Waals surface area (Å²) in [6.45, 7) is 1.46. The summed E-state index contributed by atoms with van der Waals surface area (Å²) in [7, 11) is 0. The molecule has 2 aromatic rings. The van der Waals surface area contributed by atoms with E-state index in [2.05, 4.69) is 16.4 Å². The average Bonchev–Trinajstić information content (AvgIpc) is 2.78. The number of hydrogen-bond donors (Lipinski definition) is 2. The van der Waals surface area contributed by atoms with Crippen LogP contribution in [0.3, 0.4) is 0 Å². The Hall–Kier alpha value is -2.94. The van der Waals surface area contributed by atoms with Crippen LogP contribution >= 0.6 is 0 Å². The highest BCUT2D eigenvalue weighted by atomic mass is 19.4. The molecule has 1 aliphatic rings. The Balaban J connectivity index is 1.86. The predicted molar refractivity (Wildman–Crippen MR) is 119 cm³/mol. The first-order valence-electron chi connectivity index (χ1n) is 11.0. The van der Waals surface area contributed by atoms with E-state index in [0.717, 1.165) is 42.4 Å². The number of aliphatic hydroxyl groups excluding tert-OH is 1. The van der Waals surface area contributed by atoms with Gasteiger partial charge < -0.3 is 10.4 Å².